The molecule has 7 heteroatoms. The number of rotatable bonds is 17. The Hall–Kier alpha value is -0.730. The first-order chi connectivity index (χ1) is 20.2. The Morgan fingerprint density at radius 3 is 2.29 bits per heavy atom. The van der Waals surface area contributed by atoms with E-state index in [0.717, 1.165) is 58.5 Å². The minimum Gasteiger partial charge on any atom is -0.469 e. The van der Waals surface area contributed by atoms with Crippen molar-refractivity contribution in [1.82, 2.24) is 16.0 Å². The van der Waals surface area contributed by atoms with Gasteiger partial charge in [-0.2, -0.15) is 0 Å². The number of unbranched alkanes of at least 4 members (excludes halogenated alkanes) is 1. The fraction of sp³-hybridized carbons (Fsp3) is 0.971. The van der Waals surface area contributed by atoms with Crippen LogP contribution < -0.4 is 21.7 Å². The minimum absolute atomic E-state index is 0.0810. The van der Waals surface area contributed by atoms with Gasteiger partial charge in [0.1, 0.15) is 0 Å². The molecule has 42 heavy (non-hydrogen) atoms. The molecule has 7 nitrogen and oxygen atoms in total. The molecule has 4 unspecified atom stereocenters. The summed E-state index contributed by atoms with van der Waals surface area (Å²) in [7, 11) is 1.50. The maximum Gasteiger partial charge on any atom is 0.305 e. The Balaban J connectivity index is 1.20. The van der Waals surface area contributed by atoms with Crippen molar-refractivity contribution >= 4 is 5.97 Å². The molecule has 4 fully saturated rings. The van der Waals surface area contributed by atoms with E-state index in [-0.39, 0.29) is 12.1 Å². The summed E-state index contributed by atoms with van der Waals surface area (Å²) in [5.74, 6) is 3.49. The SMILES string of the molecule is COC(=O)CCC(C)[C@H]1CCC2C3C(CC[C@@]21C)[C@@]1(C)CC[C@H](NCCCNCCCCNCCCN)C[C@@H]1C[C@H]3O. The molecule has 0 aromatic rings. The normalized spacial score (nSPS) is 38.4. The highest BCUT2D eigenvalue weighted by atomic mass is 16.5. The first-order valence-electron chi connectivity index (χ1n) is 17.8. The Morgan fingerprint density at radius 1 is 0.905 bits per heavy atom. The molecule has 10 atom stereocenters. The largest absolute Gasteiger partial charge is 0.469 e. The minimum atomic E-state index is -0.152. The van der Waals surface area contributed by atoms with Gasteiger partial charge in [0.2, 0.25) is 0 Å². The van der Waals surface area contributed by atoms with Gasteiger partial charge < -0.3 is 31.5 Å². The van der Waals surface area contributed by atoms with Crippen molar-refractivity contribution in [1.29, 1.82) is 0 Å². The molecule has 0 spiro atoms. The van der Waals surface area contributed by atoms with Crippen molar-refractivity contribution < 1.29 is 14.6 Å². The third-order valence-corrected chi connectivity index (χ3v) is 13.0. The molecule has 4 aliphatic rings. The summed E-state index contributed by atoms with van der Waals surface area (Å²) in [4.78, 5) is 11.8. The number of fused-ring (bicyclic) bond motifs is 5. The van der Waals surface area contributed by atoms with Gasteiger partial charge in [-0.3, -0.25) is 4.79 Å². The van der Waals surface area contributed by atoms with E-state index >= 15 is 0 Å². The number of hydrogen-bond acceptors (Lipinski definition) is 7. The van der Waals surface area contributed by atoms with Crippen molar-refractivity contribution in [2.75, 3.05) is 46.4 Å². The molecule has 4 rings (SSSR count). The molecule has 4 saturated carbocycles. The monoisotopic (exact) mass is 591 g/mol. The number of methoxy groups -OCH3 is 1. The van der Waals surface area contributed by atoms with Gasteiger partial charge in [-0.1, -0.05) is 20.8 Å². The molecule has 0 amide bonds. The quantitative estimate of drug-likeness (QED) is 0.122. The van der Waals surface area contributed by atoms with Gasteiger partial charge >= 0.3 is 5.97 Å². The van der Waals surface area contributed by atoms with E-state index < -0.39 is 0 Å². The van der Waals surface area contributed by atoms with Crippen LogP contribution in [0.2, 0.25) is 0 Å². The third kappa shape index (κ3) is 7.91. The maximum absolute atomic E-state index is 11.8. The van der Waals surface area contributed by atoms with E-state index in [1.54, 1.807) is 0 Å². The molecule has 0 heterocycles. The molecule has 244 valence electrons. The zero-order chi connectivity index (χ0) is 30.2. The number of nitrogens with two attached hydrogens (primary N) is 1. The van der Waals surface area contributed by atoms with Crippen LogP contribution in [0.15, 0.2) is 0 Å². The van der Waals surface area contributed by atoms with Crippen LogP contribution in [0.1, 0.15) is 111 Å². The lowest BCUT2D eigenvalue weighted by Crippen LogP contribution is -2.59. The average molecular weight is 591 g/mol. The van der Waals surface area contributed by atoms with Crippen molar-refractivity contribution in [2.24, 2.45) is 52.1 Å². The number of hydrogen-bond donors (Lipinski definition) is 5. The van der Waals surface area contributed by atoms with Crippen molar-refractivity contribution in [3.8, 4) is 0 Å². The molecule has 4 aliphatic carbocycles. The first kappa shape index (κ1) is 34.1. The van der Waals surface area contributed by atoms with E-state index in [0.29, 0.717) is 58.8 Å². The summed E-state index contributed by atoms with van der Waals surface area (Å²) in [5, 5.41) is 22.7. The summed E-state index contributed by atoms with van der Waals surface area (Å²) < 4.78 is 4.93. The topological polar surface area (TPSA) is 109 Å². The molecule has 0 aliphatic heterocycles. The van der Waals surface area contributed by atoms with Gasteiger partial charge in [-0.15, -0.1) is 0 Å². The molecule has 6 N–H and O–H groups in total. The van der Waals surface area contributed by atoms with Gasteiger partial charge in [0.05, 0.1) is 13.2 Å². The van der Waals surface area contributed by atoms with Gasteiger partial charge in [0.15, 0.2) is 0 Å². The number of aliphatic hydroxyl groups excluding tert-OH is 1. The number of nitrogens with one attached hydrogen (secondary N) is 3. The van der Waals surface area contributed by atoms with E-state index in [1.165, 1.54) is 71.3 Å². The third-order valence-electron chi connectivity index (χ3n) is 13.0. The van der Waals surface area contributed by atoms with Crippen LogP contribution in [-0.4, -0.2) is 69.6 Å². The summed E-state index contributed by atoms with van der Waals surface area (Å²) in [5.41, 5.74) is 6.21. The van der Waals surface area contributed by atoms with Gasteiger partial charge in [-0.25, -0.2) is 0 Å². The Bertz CT molecular complexity index is 828. The van der Waals surface area contributed by atoms with Gasteiger partial charge in [0.25, 0.3) is 0 Å². The van der Waals surface area contributed by atoms with Crippen molar-refractivity contribution in [3.05, 3.63) is 0 Å². The number of ether oxygens (including phenoxy) is 1. The zero-order valence-electron chi connectivity index (χ0n) is 27.6. The fourth-order valence-electron chi connectivity index (χ4n) is 10.5. The summed E-state index contributed by atoms with van der Waals surface area (Å²) in [6.07, 6.45) is 15.9. The van der Waals surface area contributed by atoms with Crippen LogP contribution in [0.25, 0.3) is 0 Å². The molecular weight excluding hydrogens is 524 g/mol. The summed E-state index contributed by atoms with van der Waals surface area (Å²) in [6, 6.07) is 0.604. The van der Waals surface area contributed by atoms with Crippen LogP contribution in [0.4, 0.5) is 0 Å². The highest BCUT2D eigenvalue weighted by molar-refractivity contribution is 5.69. The molecule has 0 saturated heterocycles. The van der Waals surface area contributed by atoms with Crippen LogP contribution in [-0.2, 0) is 9.53 Å². The molecule has 0 aromatic heterocycles. The van der Waals surface area contributed by atoms with Gasteiger partial charge in [-0.05, 0) is 169 Å². The van der Waals surface area contributed by atoms with Crippen LogP contribution >= 0.6 is 0 Å². The second kappa shape index (κ2) is 16.0. The van der Waals surface area contributed by atoms with E-state index in [1.807, 2.05) is 0 Å². The van der Waals surface area contributed by atoms with Crippen LogP contribution in [0.3, 0.4) is 0 Å². The predicted molar refractivity (Wildman–Crippen MR) is 172 cm³/mol. The average Bonchev–Trinajstić information content (AvgIpc) is 3.34. The lowest BCUT2D eigenvalue weighted by Gasteiger charge is -2.62. The second-order valence-corrected chi connectivity index (χ2v) is 15.2. The van der Waals surface area contributed by atoms with E-state index in [9.17, 15) is 9.90 Å². The predicted octanol–water partition coefficient (Wildman–Crippen LogP) is 4.86. The maximum atomic E-state index is 11.8. The Kier molecular flexibility index (Phi) is 13.0. The standard InChI is InChI=1S/C35H66N4O3/c1-25(9-12-32(41)42-4)28-10-11-29-33-30(14-16-35(28,29)3)34(2)15-13-27(23-26(34)24-31(33)40)39-22-8-21-38-19-6-5-18-37-20-7-17-36/h25-31,33,37-40H,5-24,36H2,1-4H3/t25?,26-,27+,28-,29?,30?,31-,33?,34+,35-/m1/s1. The first-order valence-corrected chi connectivity index (χ1v) is 17.8. The number of carbonyl (C=O) groups excluding carboxylic acids is 1. The summed E-state index contributed by atoms with van der Waals surface area (Å²) in [6.45, 7) is 13.7. The highest BCUT2D eigenvalue weighted by Gasteiger charge is 2.62. The zero-order valence-corrected chi connectivity index (χ0v) is 27.6. The lowest BCUT2D eigenvalue weighted by molar-refractivity contribution is -0.167. The van der Waals surface area contributed by atoms with Crippen molar-refractivity contribution in [2.45, 2.75) is 123 Å². The molecule has 0 bridgehead atoms. The van der Waals surface area contributed by atoms with Crippen LogP contribution in [0.5, 0.6) is 0 Å². The van der Waals surface area contributed by atoms with Gasteiger partial charge in [0, 0.05) is 12.5 Å². The smallest absolute Gasteiger partial charge is 0.305 e. The molecule has 0 aromatic carbocycles. The second-order valence-electron chi connectivity index (χ2n) is 15.2. The Labute approximate surface area is 257 Å². The van der Waals surface area contributed by atoms with Crippen molar-refractivity contribution in [3.63, 3.8) is 0 Å². The highest BCUT2D eigenvalue weighted by Crippen LogP contribution is 2.68. The van der Waals surface area contributed by atoms with E-state index in [4.69, 9.17) is 10.5 Å². The fourth-order valence-corrected chi connectivity index (χ4v) is 10.5. The Morgan fingerprint density at radius 2 is 1.57 bits per heavy atom. The van der Waals surface area contributed by atoms with E-state index in [2.05, 4.69) is 36.7 Å². The number of esters is 1. The lowest BCUT2D eigenvalue weighted by atomic mass is 9.43. The molecule has 0 radical (unpaired) electrons. The van der Waals surface area contributed by atoms with Crippen LogP contribution in [0, 0.1) is 46.3 Å². The number of carbonyl (C=O) groups is 1. The molecular formula is C35H66N4O3. The number of aliphatic hydroxyl groups is 1. The summed E-state index contributed by atoms with van der Waals surface area (Å²) >= 11 is 0.